The second-order valence-electron chi connectivity index (χ2n) is 5.14. The topological polar surface area (TPSA) is 68.1 Å². The molecular weight excluding hydrogens is 332 g/mol. The lowest BCUT2D eigenvalue weighted by atomic mass is 10.3. The van der Waals surface area contributed by atoms with Gasteiger partial charge in [-0.1, -0.05) is 18.2 Å². The Bertz CT molecular complexity index is 900. The van der Waals surface area contributed by atoms with Gasteiger partial charge in [-0.15, -0.1) is 11.3 Å². The van der Waals surface area contributed by atoms with E-state index in [9.17, 15) is 8.42 Å². The number of hydrogen-bond acceptors (Lipinski definition) is 5. The molecule has 6 nitrogen and oxygen atoms in total. The maximum atomic E-state index is 12.5. The number of nitrogens with zero attached hydrogens (tertiary/aromatic N) is 4. The maximum Gasteiger partial charge on any atom is 0.270 e. The summed E-state index contributed by atoms with van der Waals surface area (Å²) in [5.74, 6) is 0. The second kappa shape index (κ2) is 6.23. The van der Waals surface area contributed by atoms with E-state index in [-0.39, 0.29) is 10.9 Å². The highest BCUT2D eigenvalue weighted by Gasteiger charge is 2.24. The molecule has 8 heteroatoms. The van der Waals surface area contributed by atoms with Gasteiger partial charge in [0.15, 0.2) is 0 Å². The zero-order chi connectivity index (χ0) is 16.4. The first-order valence-corrected chi connectivity index (χ1v) is 9.26. The van der Waals surface area contributed by atoms with Crippen molar-refractivity contribution in [2.45, 2.75) is 17.8 Å². The quantitative estimate of drug-likeness (QED) is 0.710. The van der Waals surface area contributed by atoms with Crippen LogP contribution in [0.4, 0.5) is 0 Å². The van der Waals surface area contributed by atoms with Crippen LogP contribution < -0.4 is 0 Å². The Labute approximate surface area is 139 Å². The van der Waals surface area contributed by atoms with E-state index in [2.05, 4.69) is 10.1 Å². The summed E-state index contributed by atoms with van der Waals surface area (Å²) in [5, 5.41) is 6.01. The molecule has 0 spiro atoms. The Kier molecular flexibility index (Phi) is 4.29. The van der Waals surface area contributed by atoms with Crippen molar-refractivity contribution in [1.82, 2.24) is 19.1 Å². The average Bonchev–Trinajstić information content (AvgIpc) is 3.17. The highest BCUT2D eigenvalue weighted by atomic mass is 32.2. The Morgan fingerprint density at radius 2 is 2.00 bits per heavy atom. The van der Waals surface area contributed by atoms with E-state index in [0.29, 0.717) is 5.69 Å². The van der Waals surface area contributed by atoms with E-state index in [1.165, 1.54) is 4.31 Å². The molecule has 0 unspecified atom stereocenters. The largest absolute Gasteiger partial charge is 0.270 e. The zero-order valence-corrected chi connectivity index (χ0v) is 14.4. The fraction of sp³-hybridized carbons (Fsp3) is 0.200. The molecule has 0 N–H and O–H groups in total. The lowest BCUT2D eigenvalue weighted by Gasteiger charge is -2.13. The maximum absolute atomic E-state index is 12.5. The molecule has 0 aliphatic heterocycles. The van der Waals surface area contributed by atoms with Gasteiger partial charge in [0, 0.05) is 36.4 Å². The first-order valence-electron chi connectivity index (χ1n) is 6.94. The molecule has 0 aliphatic carbocycles. The van der Waals surface area contributed by atoms with E-state index in [1.54, 1.807) is 30.2 Å². The fourth-order valence-electron chi connectivity index (χ4n) is 2.09. The highest BCUT2D eigenvalue weighted by molar-refractivity contribution is 7.91. The van der Waals surface area contributed by atoms with Crippen LogP contribution in [0.2, 0.25) is 0 Å². The number of sulfonamides is 1. The molecule has 3 rings (SSSR count). The van der Waals surface area contributed by atoms with Crippen molar-refractivity contribution >= 4 is 21.4 Å². The van der Waals surface area contributed by atoms with E-state index in [1.807, 2.05) is 36.5 Å². The van der Waals surface area contributed by atoms with Crippen LogP contribution in [0, 0.1) is 6.92 Å². The third-order valence-electron chi connectivity index (χ3n) is 3.29. The molecule has 0 bridgehead atoms. The smallest absolute Gasteiger partial charge is 0.241 e. The van der Waals surface area contributed by atoms with Crippen LogP contribution in [-0.4, -0.2) is 34.5 Å². The van der Waals surface area contributed by atoms with Gasteiger partial charge in [-0.25, -0.2) is 18.1 Å². The van der Waals surface area contributed by atoms with Gasteiger partial charge in [0.25, 0.3) is 10.0 Å². The summed E-state index contributed by atoms with van der Waals surface area (Å²) in [6, 6.07) is 9.67. The summed E-state index contributed by atoms with van der Waals surface area (Å²) < 4.78 is 28.1. The third-order valence-corrected chi connectivity index (χ3v) is 6.45. The first-order chi connectivity index (χ1) is 11.0. The van der Waals surface area contributed by atoms with Gasteiger partial charge < -0.3 is 0 Å². The molecule has 0 saturated heterocycles. The van der Waals surface area contributed by atoms with Crippen molar-refractivity contribution in [3.63, 3.8) is 0 Å². The van der Waals surface area contributed by atoms with Crippen molar-refractivity contribution in [2.24, 2.45) is 0 Å². The van der Waals surface area contributed by atoms with Crippen molar-refractivity contribution in [1.29, 1.82) is 0 Å². The van der Waals surface area contributed by atoms with Gasteiger partial charge in [-0.3, -0.25) is 0 Å². The number of rotatable bonds is 5. The molecule has 2 aromatic heterocycles. The minimum atomic E-state index is -3.57. The summed E-state index contributed by atoms with van der Waals surface area (Å²) in [6.45, 7) is 2.02. The van der Waals surface area contributed by atoms with Gasteiger partial charge >= 0.3 is 0 Å². The molecule has 0 aliphatic rings. The second-order valence-corrected chi connectivity index (χ2v) is 8.22. The number of aromatic nitrogens is 3. The fourth-order valence-corrected chi connectivity index (χ4v) is 4.47. The van der Waals surface area contributed by atoms with Gasteiger partial charge in [0.1, 0.15) is 0 Å². The molecule has 0 atom stereocenters. The van der Waals surface area contributed by atoms with Crippen LogP contribution in [0.25, 0.3) is 5.69 Å². The summed E-state index contributed by atoms with van der Waals surface area (Å²) in [4.78, 5) is 4.07. The summed E-state index contributed by atoms with van der Waals surface area (Å²) in [5.41, 5.74) is 2.45. The van der Waals surface area contributed by atoms with E-state index in [4.69, 9.17) is 0 Å². The molecule has 23 heavy (non-hydrogen) atoms. The predicted molar refractivity (Wildman–Crippen MR) is 89.1 cm³/mol. The first kappa shape index (κ1) is 15.9. The molecular formula is C15H16N4O2S2. The Balaban J connectivity index is 1.78. The predicted octanol–water partition coefficient (Wildman–Crippen LogP) is 2.46. The van der Waals surface area contributed by atoms with Crippen LogP contribution in [0.15, 0.2) is 52.4 Å². The Morgan fingerprint density at radius 1 is 1.26 bits per heavy atom. The van der Waals surface area contributed by atoms with Gasteiger partial charge in [0.2, 0.25) is 4.34 Å². The van der Waals surface area contributed by atoms with E-state index >= 15 is 0 Å². The Morgan fingerprint density at radius 3 is 2.65 bits per heavy atom. The van der Waals surface area contributed by atoms with Gasteiger partial charge in [-0.2, -0.15) is 9.40 Å². The molecule has 3 aromatic rings. The average molecular weight is 348 g/mol. The molecule has 0 amide bonds. The lowest BCUT2D eigenvalue weighted by molar-refractivity contribution is 0.466. The molecule has 0 fully saturated rings. The van der Waals surface area contributed by atoms with Crippen LogP contribution in [0.1, 0.15) is 11.3 Å². The van der Waals surface area contributed by atoms with Gasteiger partial charge in [-0.05, 0) is 19.1 Å². The zero-order valence-electron chi connectivity index (χ0n) is 12.7. The van der Waals surface area contributed by atoms with E-state index < -0.39 is 10.0 Å². The SMILES string of the molecule is Cc1csc(S(=O)(=O)N(C)Cc2cnn(-c3ccccc3)c2)n1. The summed E-state index contributed by atoms with van der Waals surface area (Å²) in [6.07, 6.45) is 3.50. The monoisotopic (exact) mass is 348 g/mol. The van der Waals surface area contributed by atoms with Crippen LogP contribution in [0.3, 0.4) is 0 Å². The molecule has 0 saturated carbocycles. The van der Waals surface area contributed by atoms with Crippen LogP contribution in [0.5, 0.6) is 0 Å². The number of benzene rings is 1. The summed E-state index contributed by atoms with van der Waals surface area (Å²) >= 11 is 1.14. The standard InChI is InChI=1S/C15H16N4O2S2/c1-12-11-22-15(17-12)23(20,21)18(2)9-13-8-16-19(10-13)14-6-4-3-5-7-14/h3-8,10-11H,9H2,1-2H3. The molecule has 0 radical (unpaired) electrons. The van der Waals surface area contributed by atoms with Crippen molar-refractivity contribution in [2.75, 3.05) is 7.05 Å². The number of hydrogen-bond donors (Lipinski definition) is 0. The third kappa shape index (κ3) is 3.34. The van der Waals surface area contributed by atoms with Crippen molar-refractivity contribution < 1.29 is 8.42 Å². The number of aryl methyl sites for hydroxylation is 1. The molecule has 120 valence electrons. The normalized spacial score (nSPS) is 12.0. The number of para-hydroxylation sites is 1. The van der Waals surface area contributed by atoms with Crippen molar-refractivity contribution in [3.8, 4) is 5.69 Å². The van der Waals surface area contributed by atoms with Crippen LogP contribution >= 0.6 is 11.3 Å². The van der Waals surface area contributed by atoms with Crippen LogP contribution in [-0.2, 0) is 16.6 Å². The minimum Gasteiger partial charge on any atom is -0.241 e. The van der Waals surface area contributed by atoms with Crippen molar-refractivity contribution in [3.05, 3.63) is 59.4 Å². The molecule has 1 aromatic carbocycles. The minimum absolute atomic E-state index is 0.118. The summed E-state index contributed by atoms with van der Waals surface area (Å²) in [7, 11) is -2.02. The Hall–Kier alpha value is -2.03. The number of thiazole rings is 1. The van der Waals surface area contributed by atoms with Gasteiger partial charge in [0.05, 0.1) is 11.9 Å². The highest BCUT2D eigenvalue weighted by Crippen LogP contribution is 2.20. The molecule has 2 heterocycles. The van der Waals surface area contributed by atoms with E-state index in [0.717, 1.165) is 22.6 Å². The lowest BCUT2D eigenvalue weighted by Crippen LogP contribution is -2.26.